The molecule has 0 bridgehead atoms. The summed E-state index contributed by atoms with van der Waals surface area (Å²) in [4.78, 5) is 21.7. The molecule has 0 aliphatic carbocycles. The average molecular weight is 395 g/mol. The van der Waals surface area contributed by atoms with Crippen LogP contribution in [0.5, 0.6) is 0 Å². The number of hydrogen-bond acceptors (Lipinski definition) is 6. The van der Waals surface area contributed by atoms with Crippen molar-refractivity contribution in [2.75, 3.05) is 0 Å². The minimum Gasteiger partial charge on any atom is -0.332 e. The Labute approximate surface area is 171 Å². The van der Waals surface area contributed by atoms with Crippen LogP contribution in [0.15, 0.2) is 76.3 Å². The molecule has 2 aromatic carbocycles. The minimum absolute atomic E-state index is 0.202. The van der Waals surface area contributed by atoms with Crippen molar-refractivity contribution in [1.29, 1.82) is 0 Å². The summed E-state index contributed by atoms with van der Waals surface area (Å²) in [5.74, 6) is 0.679. The molecule has 7 heteroatoms. The topological polar surface area (TPSA) is 86.7 Å². The Hall–Kier alpha value is -4.13. The number of benzene rings is 2. The molecule has 0 saturated carbocycles. The van der Waals surface area contributed by atoms with Crippen molar-refractivity contribution in [3.05, 3.63) is 88.5 Å². The van der Waals surface area contributed by atoms with Crippen LogP contribution in [-0.4, -0.2) is 24.9 Å². The number of nitrogens with zero attached hydrogens (tertiary/aromatic N) is 5. The van der Waals surface area contributed by atoms with Gasteiger partial charge < -0.3 is 4.52 Å². The van der Waals surface area contributed by atoms with Crippen LogP contribution in [0, 0.1) is 13.8 Å². The zero-order chi connectivity index (χ0) is 20.7. The predicted octanol–water partition coefficient (Wildman–Crippen LogP) is 4.11. The van der Waals surface area contributed by atoms with Crippen LogP contribution in [-0.2, 0) is 0 Å². The molecule has 0 N–H and O–H groups in total. The summed E-state index contributed by atoms with van der Waals surface area (Å²) in [5, 5.41) is 9.88. The molecule has 3 aromatic heterocycles. The highest BCUT2D eigenvalue weighted by molar-refractivity contribution is 5.92. The van der Waals surface area contributed by atoms with Crippen molar-refractivity contribution in [3.8, 4) is 28.7 Å². The van der Waals surface area contributed by atoms with Crippen LogP contribution in [0.1, 0.15) is 11.1 Å². The van der Waals surface area contributed by atoms with Crippen LogP contribution < -0.4 is 5.56 Å². The Morgan fingerprint density at radius 3 is 2.43 bits per heavy atom. The van der Waals surface area contributed by atoms with Gasteiger partial charge in [0.15, 0.2) is 5.69 Å². The van der Waals surface area contributed by atoms with Crippen molar-refractivity contribution in [2.24, 2.45) is 0 Å². The fourth-order valence-electron chi connectivity index (χ4n) is 3.32. The largest absolute Gasteiger partial charge is 0.332 e. The van der Waals surface area contributed by atoms with E-state index >= 15 is 0 Å². The van der Waals surface area contributed by atoms with Crippen molar-refractivity contribution in [2.45, 2.75) is 13.8 Å². The Morgan fingerprint density at radius 2 is 1.67 bits per heavy atom. The molecule has 0 saturated heterocycles. The van der Waals surface area contributed by atoms with Gasteiger partial charge in [-0.15, -0.1) is 0 Å². The summed E-state index contributed by atoms with van der Waals surface area (Å²) in [6.45, 7) is 4.03. The monoisotopic (exact) mass is 395 g/mol. The maximum absolute atomic E-state index is 13.2. The van der Waals surface area contributed by atoms with Crippen molar-refractivity contribution < 1.29 is 4.52 Å². The van der Waals surface area contributed by atoms with Gasteiger partial charge in [-0.25, -0.2) is 0 Å². The van der Waals surface area contributed by atoms with Crippen molar-refractivity contribution >= 4 is 10.8 Å². The van der Waals surface area contributed by atoms with E-state index in [0.717, 1.165) is 16.7 Å². The quantitative estimate of drug-likeness (QED) is 0.457. The second-order valence-corrected chi connectivity index (χ2v) is 7.04. The van der Waals surface area contributed by atoms with Crippen LogP contribution in [0.25, 0.3) is 39.4 Å². The Kier molecular flexibility index (Phi) is 4.21. The molecule has 0 atom stereocenters. The van der Waals surface area contributed by atoms with Gasteiger partial charge >= 0.3 is 0 Å². The van der Waals surface area contributed by atoms with E-state index < -0.39 is 0 Å². The second kappa shape index (κ2) is 7.04. The molecular formula is C23H17N5O2. The lowest BCUT2D eigenvalue weighted by atomic mass is 10.1. The van der Waals surface area contributed by atoms with Crippen LogP contribution >= 0.6 is 0 Å². The molecule has 0 amide bonds. The van der Waals surface area contributed by atoms with Gasteiger partial charge in [-0.2, -0.15) is 14.8 Å². The Bertz CT molecular complexity index is 1440. The lowest BCUT2D eigenvalue weighted by Crippen LogP contribution is -2.22. The van der Waals surface area contributed by atoms with Crippen LogP contribution in [0.3, 0.4) is 0 Å². The van der Waals surface area contributed by atoms with Gasteiger partial charge in [0, 0.05) is 23.3 Å². The number of hydrogen-bond donors (Lipinski definition) is 0. The van der Waals surface area contributed by atoms with E-state index in [-0.39, 0.29) is 11.4 Å². The van der Waals surface area contributed by atoms with Gasteiger partial charge in [-0.3, -0.25) is 9.78 Å². The van der Waals surface area contributed by atoms with Gasteiger partial charge in [0.25, 0.3) is 11.4 Å². The first-order valence-corrected chi connectivity index (χ1v) is 9.46. The molecule has 3 heterocycles. The highest BCUT2D eigenvalue weighted by Crippen LogP contribution is 2.26. The third-order valence-corrected chi connectivity index (χ3v) is 5.11. The molecule has 0 spiro atoms. The third-order valence-electron chi connectivity index (χ3n) is 5.11. The van der Waals surface area contributed by atoms with E-state index in [2.05, 4.69) is 20.2 Å². The molecule has 30 heavy (non-hydrogen) atoms. The SMILES string of the molecule is Cc1ccc(-n2nc(-c3nc(-c4ccncc4)no3)c3ccccc3c2=O)cc1C. The highest BCUT2D eigenvalue weighted by atomic mass is 16.5. The molecule has 5 rings (SSSR count). The van der Waals surface area contributed by atoms with E-state index in [4.69, 9.17) is 4.52 Å². The van der Waals surface area contributed by atoms with Gasteiger partial charge in [0.1, 0.15) is 0 Å². The molecule has 0 radical (unpaired) electrons. The molecule has 0 aliphatic heterocycles. The van der Waals surface area contributed by atoms with E-state index in [1.54, 1.807) is 30.6 Å². The van der Waals surface area contributed by atoms with E-state index in [9.17, 15) is 4.79 Å². The maximum atomic E-state index is 13.2. The summed E-state index contributed by atoms with van der Waals surface area (Å²) in [5.41, 5.74) is 3.94. The number of pyridine rings is 1. The third kappa shape index (κ3) is 2.97. The number of fused-ring (bicyclic) bond motifs is 1. The fourth-order valence-corrected chi connectivity index (χ4v) is 3.32. The van der Waals surface area contributed by atoms with E-state index in [1.807, 2.05) is 50.2 Å². The zero-order valence-corrected chi connectivity index (χ0v) is 16.4. The molecule has 0 aliphatic rings. The van der Waals surface area contributed by atoms with Crippen molar-refractivity contribution in [3.63, 3.8) is 0 Å². The van der Waals surface area contributed by atoms with Gasteiger partial charge in [0.2, 0.25) is 5.82 Å². The predicted molar refractivity (Wildman–Crippen MR) is 113 cm³/mol. The van der Waals surface area contributed by atoms with Gasteiger partial charge in [-0.1, -0.05) is 29.4 Å². The Balaban J connectivity index is 1.74. The average Bonchev–Trinajstić information content (AvgIpc) is 3.27. The number of aromatic nitrogens is 5. The summed E-state index contributed by atoms with van der Waals surface area (Å²) < 4.78 is 6.92. The summed E-state index contributed by atoms with van der Waals surface area (Å²) in [6.07, 6.45) is 3.33. The van der Waals surface area contributed by atoms with Crippen LogP contribution in [0.4, 0.5) is 0 Å². The molecule has 146 valence electrons. The maximum Gasteiger partial charge on any atom is 0.279 e. The normalized spacial score (nSPS) is 11.1. The van der Waals surface area contributed by atoms with Gasteiger partial charge in [0.05, 0.1) is 11.1 Å². The molecule has 7 nitrogen and oxygen atoms in total. The smallest absolute Gasteiger partial charge is 0.279 e. The Morgan fingerprint density at radius 1 is 0.900 bits per heavy atom. The fraction of sp³-hybridized carbons (Fsp3) is 0.0870. The minimum atomic E-state index is -0.202. The van der Waals surface area contributed by atoms with Gasteiger partial charge in [-0.05, 0) is 55.3 Å². The highest BCUT2D eigenvalue weighted by Gasteiger charge is 2.19. The zero-order valence-electron chi connectivity index (χ0n) is 16.4. The van der Waals surface area contributed by atoms with E-state index in [0.29, 0.717) is 28.0 Å². The lowest BCUT2D eigenvalue weighted by Gasteiger charge is -2.10. The molecule has 5 aromatic rings. The summed E-state index contributed by atoms with van der Waals surface area (Å²) in [7, 11) is 0. The first kappa shape index (κ1) is 17.9. The number of rotatable bonds is 3. The standard InChI is InChI=1S/C23H17N5O2/c1-14-7-8-17(13-15(14)2)28-23(29)19-6-4-3-5-18(19)20(26-28)22-25-21(27-30-22)16-9-11-24-12-10-16/h3-13H,1-2H3. The first-order valence-electron chi connectivity index (χ1n) is 9.46. The van der Waals surface area contributed by atoms with E-state index in [1.165, 1.54) is 4.68 Å². The lowest BCUT2D eigenvalue weighted by molar-refractivity contribution is 0.430. The molecule has 0 fully saturated rings. The summed E-state index contributed by atoms with van der Waals surface area (Å²) >= 11 is 0. The van der Waals surface area contributed by atoms with Crippen molar-refractivity contribution in [1.82, 2.24) is 24.9 Å². The molecular weight excluding hydrogens is 378 g/mol. The summed E-state index contributed by atoms with van der Waals surface area (Å²) in [6, 6.07) is 16.7. The number of aryl methyl sites for hydroxylation is 2. The first-order chi connectivity index (χ1) is 14.6. The van der Waals surface area contributed by atoms with Crippen LogP contribution in [0.2, 0.25) is 0 Å². The second-order valence-electron chi connectivity index (χ2n) is 7.04. The molecule has 0 unspecified atom stereocenters.